The van der Waals surface area contributed by atoms with Crippen molar-refractivity contribution in [2.75, 3.05) is 6.54 Å². The van der Waals surface area contributed by atoms with E-state index in [2.05, 4.69) is 25.2 Å². The van der Waals surface area contributed by atoms with Gasteiger partial charge in [-0.1, -0.05) is 32.4 Å². The highest BCUT2D eigenvalue weighted by Crippen LogP contribution is 2.31. The fraction of sp³-hybridized carbons (Fsp3) is 0.600. The van der Waals surface area contributed by atoms with E-state index in [0.29, 0.717) is 11.7 Å². The minimum absolute atomic E-state index is 0.214. The maximum absolute atomic E-state index is 9.54. The van der Waals surface area contributed by atoms with Crippen molar-refractivity contribution in [3.63, 3.8) is 0 Å². The third-order valence-corrected chi connectivity index (χ3v) is 4.06. The molecule has 2 N–H and O–H groups in total. The van der Waals surface area contributed by atoms with Crippen LogP contribution < -0.4 is 5.32 Å². The molecule has 94 valence electrons. The van der Waals surface area contributed by atoms with Crippen LogP contribution in [0.5, 0.6) is 5.75 Å². The number of hydrogen-bond acceptors (Lipinski definition) is 2. The van der Waals surface area contributed by atoms with E-state index in [-0.39, 0.29) is 5.54 Å². The normalized spacial score (nSPS) is 25.1. The lowest BCUT2D eigenvalue weighted by molar-refractivity contribution is 0.182. The molecular formula is C15H23NO. The zero-order valence-corrected chi connectivity index (χ0v) is 10.9. The molecule has 1 aromatic rings. The molecule has 17 heavy (non-hydrogen) atoms. The van der Waals surface area contributed by atoms with E-state index in [1.165, 1.54) is 24.8 Å². The molecule has 1 aliphatic rings. The lowest BCUT2D eigenvalue weighted by atomic mass is 9.75. The van der Waals surface area contributed by atoms with Crippen molar-refractivity contribution >= 4 is 0 Å². The molecule has 1 atom stereocenters. The van der Waals surface area contributed by atoms with Crippen LogP contribution in [0.2, 0.25) is 0 Å². The summed E-state index contributed by atoms with van der Waals surface area (Å²) in [6.45, 7) is 5.71. The second kappa shape index (κ2) is 5.09. The first-order chi connectivity index (χ1) is 8.12. The SMILES string of the molecule is CC(C)C1(Cc2cccc(O)c2)CCCCN1. The van der Waals surface area contributed by atoms with Crippen molar-refractivity contribution in [1.82, 2.24) is 5.32 Å². The molecule has 1 fully saturated rings. The van der Waals surface area contributed by atoms with Gasteiger partial charge in [0, 0.05) is 5.54 Å². The minimum Gasteiger partial charge on any atom is -0.508 e. The van der Waals surface area contributed by atoms with Crippen LogP contribution >= 0.6 is 0 Å². The van der Waals surface area contributed by atoms with Crippen molar-refractivity contribution in [2.24, 2.45) is 5.92 Å². The van der Waals surface area contributed by atoms with Crippen LogP contribution in [0.25, 0.3) is 0 Å². The van der Waals surface area contributed by atoms with Gasteiger partial charge in [-0.3, -0.25) is 0 Å². The Morgan fingerprint density at radius 2 is 2.18 bits per heavy atom. The summed E-state index contributed by atoms with van der Waals surface area (Å²) in [6, 6.07) is 7.67. The monoisotopic (exact) mass is 233 g/mol. The van der Waals surface area contributed by atoms with E-state index >= 15 is 0 Å². The molecule has 0 amide bonds. The van der Waals surface area contributed by atoms with E-state index in [0.717, 1.165) is 13.0 Å². The van der Waals surface area contributed by atoms with Gasteiger partial charge in [-0.25, -0.2) is 0 Å². The quantitative estimate of drug-likeness (QED) is 0.841. The van der Waals surface area contributed by atoms with Crippen molar-refractivity contribution in [2.45, 2.75) is 45.1 Å². The van der Waals surface area contributed by atoms with Gasteiger partial charge in [-0.05, 0) is 49.4 Å². The topological polar surface area (TPSA) is 32.3 Å². The van der Waals surface area contributed by atoms with Crippen LogP contribution in [0.15, 0.2) is 24.3 Å². The van der Waals surface area contributed by atoms with Gasteiger partial charge in [0.05, 0.1) is 0 Å². The Balaban J connectivity index is 2.17. The molecule has 2 heteroatoms. The summed E-state index contributed by atoms with van der Waals surface area (Å²) >= 11 is 0. The van der Waals surface area contributed by atoms with E-state index in [1.54, 1.807) is 6.07 Å². The number of hydrogen-bond donors (Lipinski definition) is 2. The molecule has 0 spiro atoms. The van der Waals surface area contributed by atoms with Crippen LogP contribution in [0, 0.1) is 5.92 Å². The molecule has 1 aromatic carbocycles. The van der Waals surface area contributed by atoms with Crippen LogP contribution in [-0.2, 0) is 6.42 Å². The Morgan fingerprint density at radius 3 is 2.76 bits per heavy atom. The maximum Gasteiger partial charge on any atom is 0.115 e. The largest absolute Gasteiger partial charge is 0.508 e. The zero-order chi connectivity index (χ0) is 12.3. The number of phenolic OH excluding ortho intramolecular Hbond substituents is 1. The van der Waals surface area contributed by atoms with Crippen molar-refractivity contribution in [1.29, 1.82) is 0 Å². The van der Waals surface area contributed by atoms with Gasteiger partial charge < -0.3 is 10.4 Å². The van der Waals surface area contributed by atoms with Gasteiger partial charge in [0.25, 0.3) is 0 Å². The molecule has 1 aliphatic heterocycles. The number of nitrogens with one attached hydrogen (secondary N) is 1. The van der Waals surface area contributed by atoms with Gasteiger partial charge >= 0.3 is 0 Å². The van der Waals surface area contributed by atoms with Crippen LogP contribution in [0.1, 0.15) is 38.7 Å². The van der Waals surface area contributed by atoms with Gasteiger partial charge in [0.15, 0.2) is 0 Å². The number of phenols is 1. The number of rotatable bonds is 3. The molecule has 1 heterocycles. The van der Waals surface area contributed by atoms with E-state index in [9.17, 15) is 5.11 Å². The number of aromatic hydroxyl groups is 1. The second-order valence-corrected chi connectivity index (χ2v) is 5.54. The standard InChI is InChI=1S/C15H23NO/c1-12(2)15(8-3-4-9-16-15)11-13-6-5-7-14(17)10-13/h5-7,10,12,16-17H,3-4,8-9,11H2,1-2H3. The number of benzene rings is 1. The summed E-state index contributed by atoms with van der Waals surface area (Å²) in [7, 11) is 0. The van der Waals surface area contributed by atoms with Crippen LogP contribution in [0.3, 0.4) is 0 Å². The van der Waals surface area contributed by atoms with E-state index in [1.807, 2.05) is 12.1 Å². The first kappa shape index (κ1) is 12.4. The Bertz CT molecular complexity index is 367. The summed E-state index contributed by atoms with van der Waals surface area (Å²) in [4.78, 5) is 0. The molecule has 1 saturated heterocycles. The molecule has 1 unspecified atom stereocenters. The van der Waals surface area contributed by atoms with Crippen LogP contribution in [0.4, 0.5) is 0 Å². The molecular weight excluding hydrogens is 210 g/mol. The first-order valence-corrected chi connectivity index (χ1v) is 6.65. The average Bonchev–Trinajstić information content (AvgIpc) is 2.30. The predicted octanol–water partition coefficient (Wildman–Crippen LogP) is 3.10. The fourth-order valence-electron chi connectivity index (χ4n) is 2.87. The number of piperidine rings is 1. The highest BCUT2D eigenvalue weighted by atomic mass is 16.3. The third-order valence-electron chi connectivity index (χ3n) is 4.06. The van der Waals surface area contributed by atoms with Gasteiger partial charge in [0.2, 0.25) is 0 Å². The van der Waals surface area contributed by atoms with Crippen molar-refractivity contribution in [3.05, 3.63) is 29.8 Å². The lowest BCUT2D eigenvalue weighted by Gasteiger charge is -2.42. The van der Waals surface area contributed by atoms with Gasteiger partial charge in [0.1, 0.15) is 5.75 Å². The summed E-state index contributed by atoms with van der Waals surface area (Å²) in [5.74, 6) is 0.988. The van der Waals surface area contributed by atoms with Crippen molar-refractivity contribution < 1.29 is 5.11 Å². The molecule has 0 aliphatic carbocycles. The van der Waals surface area contributed by atoms with E-state index < -0.39 is 0 Å². The molecule has 0 bridgehead atoms. The van der Waals surface area contributed by atoms with Gasteiger partial charge in [-0.2, -0.15) is 0 Å². The summed E-state index contributed by atoms with van der Waals surface area (Å²) in [5.41, 5.74) is 1.44. The Kier molecular flexibility index (Phi) is 3.72. The average molecular weight is 233 g/mol. The molecule has 0 aromatic heterocycles. The molecule has 0 radical (unpaired) electrons. The molecule has 2 nitrogen and oxygen atoms in total. The smallest absolute Gasteiger partial charge is 0.115 e. The molecule has 2 rings (SSSR count). The second-order valence-electron chi connectivity index (χ2n) is 5.54. The first-order valence-electron chi connectivity index (χ1n) is 6.65. The highest BCUT2D eigenvalue weighted by molar-refractivity contribution is 5.28. The Hall–Kier alpha value is -1.02. The van der Waals surface area contributed by atoms with E-state index in [4.69, 9.17) is 0 Å². The van der Waals surface area contributed by atoms with Crippen molar-refractivity contribution in [3.8, 4) is 5.75 Å². The summed E-state index contributed by atoms with van der Waals surface area (Å²) in [6.07, 6.45) is 4.85. The maximum atomic E-state index is 9.54. The zero-order valence-electron chi connectivity index (χ0n) is 10.9. The Labute approximate surface area is 104 Å². The summed E-state index contributed by atoms with van der Waals surface area (Å²) < 4.78 is 0. The highest BCUT2D eigenvalue weighted by Gasteiger charge is 2.34. The lowest BCUT2D eigenvalue weighted by Crippen LogP contribution is -2.54. The Morgan fingerprint density at radius 1 is 1.35 bits per heavy atom. The predicted molar refractivity (Wildman–Crippen MR) is 71.2 cm³/mol. The fourth-order valence-corrected chi connectivity index (χ4v) is 2.87. The van der Waals surface area contributed by atoms with Crippen LogP contribution in [-0.4, -0.2) is 17.2 Å². The summed E-state index contributed by atoms with van der Waals surface area (Å²) in [5, 5.41) is 13.3. The third kappa shape index (κ3) is 2.81. The minimum atomic E-state index is 0.214. The van der Waals surface area contributed by atoms with Gasteiger partial charge in [-0.15, -0.1) is 0 Å². The molecule has 0 saturated carbocycles.